The Kier molecular flexibility index (Phi) is 6.42. The largest absolute Gasteiger partial charge is 0.444 e. The van der Waals surface area contributed by atoms with Crippen LogP contribution in [0.4, 0.5) is 4.79 Å². The van der Waals surface area contributed by atoms with E-state index in [2.05, 4.69) is 20.7 Å². The normalized spacial score (nSPS) is 13.8. The maximum Gasteiger partial charge on any atom is 0.407 e. The van der Waals surface area contributed by atoms with Gasteiger partial charge in [0.1, 0.15) is 11.4 Å². The Hall–Kier alpha value is -2.61. The SMILES string of the molecule is CC(C)(C)OC(=O)NCCCNC(=O)c1nc(C2CC2)n(-c2ccccc2Cl)n1. The maximum absolute atomic E-state index is 12.5. The van der Waals surface area contributed by atoms with Gasteiger partial charge in [0.25, 0.3) is 5.91 Å². The fraction of sp³-hybridized carbons (Fsp3) is 0.500. The van der Waals surface area contributed by atoms with Crippen LogP contribution in [0.15, 0.2) is 24.3 Å². The second-order valence-corrected chi connectivity index (χ2v) is 8.38. The van der Waals surface area contributed by atoms with E-state index in [1.165, 1.54) is 0 Å². The monoisotopic (exact) mass is 419 g/mol. The minimum Gasteiger partial charge on any atom is -0.444 e. The van der Waals surface area contributed by atoms with Gasteiger partial charge in [0, 0.05) is 19.0 Å². The summed E-state index contributed by atoms with van der Waals surface area (Å²) < 4.78 is 6.83. The van der Waals surface area contributed by atoms with E-state index in [1.807, 2.05) is 18.2 Å². The number of halogens is 1. The Labute approximate surface area is 175 Å². The van der Waals surface area contributed by atoms with Gasteiger partial charge in [-0.15, -0.1) is 5.10 Å². The van der Waals surface area contributed by atoms with Crippen LogP contribution in [-0.4, -0.2) is 45.5 Å². The molecular weight excluding hydrogens is 394 g/mol. The predicted molar refractivity (Wildman–Crippen MR) is 110 cm³/mol. The average molecular weight is 420 g/mol. The molecule has 3 rings (SSSR count). The molecule has 1 aliphatic carbocycles. The number of alkyl carbamates (subject to hydrolysis) is 1. The molecule has 8 nitrogen and oxygen atoms in total. The molecule has 0 radical (unpaired) electrons. The molecule has 1 aromatic carbocycles. The van der Waals surface area contributed by atoms with Crippen LogP contribution in [0, 0.1) is 0 Å². The first-order valence-electron chi connectivity index (χ1n) is 9.71. The lowest BCUT2D eigenvalue weighted by atomic mass is 10.2. The van der Waals surface area contributed by atoms with E-state index in [9.17, 15) is 9.59 Å². The van der Waals surface area contributed by atoms with Crippen molar-refractivity contribution in [1.82, 2.24) is 25.4 Å². The van der Waals surface area contributed by atoms with Gasteiger partial charge >= 0.3 is 6.09 Å². The lowest BCUT2D eigenvalue weighted by molar-refractivity contribution is 0.0527. The van der Waals surface area contributed by atoms with Gasteiger partial charge in [-0.1, -0.05) is 23.7 Å². The van der Waals surface area contributed by atoms with Crippen LogP contribution in [0.2, 0.25) is 5.02 Å². The van der Waals surface area contributed by atoms with Crippen molar-refractivity contribution in [3.63, 3.8) is 0 Å². The van der Waals surface area contributed by atoms with Gasteiger partial charge in [0.05, 0.1) is 10.7 Å². The number of ether oxygens (including phenoxy) is 1. The van der Waals surface area contributed by atoms with Gasteiger partial charge < -0.3 is 15.4 Å². The number of hydrogen-bond acceptors (Lipinski definition) is 5. The smallest absolute Gasteiger partial charge is 0.407 e. The van der Waals surface area contributed by atoms with Crippen molar-refractivity contribution >= 4 is 23.6 Å². The van der Waals surface area contributed by atoms with Gasteiger partial charge in [-0.3, -0.25) is 4.79 Å². The molecule has 1 aromatic heterocycles. The number of amides is 2. The number of rotatable bonds is 7. The Balaban J connectivity index is 1.55. The number of carbonyl (C=O) groups is 2. The summed E-state index contributed by atoms with van der Waals surface area (Å²) >= 11 is 6.29. The highest BCUT2D eigenvalue weighted by Gasteiger charge is 2.32. The van der Waals surface area contributed by atoms with Gasteiger partial charge in [-0.25, -0.2) is 14.5 Å². The first kappa shape index (κ1) is 21.1. The van der Waals surface area contributed by atoms with Crippen LogP contribution >= 0.6 is 11.6 Å². The highest BCUT2D eigenvalue weighted by atomic mass is 35.5. The second-order valence-electron chi connectivity index (χ2n) is 7.97. The molecule has 0 saturated heterocycles. The molecule has 1 heterocycles. The van der Waals surface area contributed by atoms with E-state index in [0.717, 1.165) is 18.7 Å². The number of nitrogens with one attached hydrogen (secondary N) is 2. The lowest BCUT2D eigenvalue weighted by Gasteiger charge is -2.19. The molecule has 0 unspecified atom stereocenters. The van der Waals surface area contributed by atoms with Gasteiger partial charge in [-0.2, -0.15) is 0 Å². The average Bonchev–Trinajstić information content (AvgIpc) is 3.39. The number of hydrogen-bond donors (Lipinski definition) is 2. The minimum atomic E-state index is -0.538. The third kappa shape index (κ3) is 5.93. The number of benzene rings is 1. The molecular formula is C20H26ClN5O3. The lowest BCUT2D eigenvalue weighted by Crippen LogP contribution is -2.34. The van der Waals surface area contributed by atoms with Crippen molar-refractivity contribution < 1.29 is 14.3 Å². The van der Waals surface area contributed by atoms with Crippen molar-refractivity contribution in [3.05, 3.63) is 40.9 Å². The number of carbonyl (C=O) groups excluding carboxylic acids is 2. The predicted octanol–water partition coefficient (Wildman–Crippen LogP) is 3.44. The summed E-state index contributed by atoms with van der Waals surface area (Å²) in [5, 5.41) is 10.4. The van der Waals surface area contributed by atoms with Crippen LogP contribution < -0.4 is 10.6 Å². The zero-order chi connectivity index (χ0) is 21.0. The molecule has 0 atom stereocenters. The first-order chi connectivity index (χ1) is 13.7. The van der Waals surface area contributed by atoms with Crippen LogP contribution in [0.25, 0.3) is 5.69 Å². The standard InChI is InChI=1S/C20H26ClN5O3/c1-20(2,3)29-19(28)23-12-6-11-22-18(27)16-24-17(13-9-10-13)26(25-16)15-8-5-4-7-14(15)21/h4-5,7-8,13H,6,9-12H2,1-3H3,(H,22,27)(H,23,28). The summed E-state index contributed by atoms with van der Waals surface area (Å²) in [4.78, 5) is 28.5. The number of aromatic nitrogens is 3. The number of nitrogens with zero attached hydrogens (tertiary/aromatic N) is 3. The van der Waals surface area contributed by atoms with E-state index in [-0.39, 0.29) is 11.7 Å². The molecule has 1 aliphatic rings. The highest BCUT2D eigenvalue weighted by Crippen LogP contribution is 2.40. The van der Waals surface area contributed by atoms with E-state index in [0.29, 0.717) is 36.1 Å². The van der Waals surface area contributed by atoms with Crippen molar-refractivity contribution in [1.29, 1.82) is 0 Å². The van der Waals surface area contributed by atoms with Crippen LogP contribution in [0.1, 0.15) is 62.4 Å². The summed E-state index contributed by atoms with van der Waals surface area (Å²) in [6, 6.07) is 7.36. The number of para-hydroxylation sites is 1. The molecule has 2 aromatic rings. The molecule has 156 valence electrons. The quantitative estimate of drug-likeness (QED) is 0.670. The molecule has 1 fully saturated rings. The molecule has 2 N–H and O–H groups in total. The minimum absolute atomic E-state index is 0.118. The molecule has 9 heteroatoms. The molecule has 0 aliphatic heterocycles. The van der Waals surface area contributed by atoms with Gasteiger partial charge in [-0.05, 0) is 52.2 Å². The highest BCUT2D eigenvalue weighted by molar-refractivity contribution is 6.32. The molecule has 29 heavy (non-hydrogen) atoms. The fourth-order valence-corrected chi connectivity index (χ4v) is 2.92. The second kappa shape index (κ2) is 8.82. The summed E-state index contributed by atoms with van der Waals surface area (Å²) in [5.41, 5.74) is 0.174. The van der Waals surface area contributed by atoms with Crippen LogP contribution in [0.5, 0.6) is 0 Å². The Morgan fingerprint density at radius 1 is 1.21 bits per heavy atom. The molecule has 0 spiro atoms. The third-order valence-electron chi connectivity index (χ3n) is 4.17. The van der Waals surface area contributed by atoms with E-state index < -0.39 is 11.7 Å². The Morgan fingerprint density at radius 3 is 2.55 bits per heavy atom. The zero-order valence-corrected chi connectivity index (χ0v) is 17.6. The van der Waals surface area contributed by atoms with Crippen LogP contribution in [0.3, 0.4) is 0 Å². The van der Waals surface area contributed by atoms with Gasteiger partial charge in [0.15, 0.2) is 0 Å². The molecule has 1 saturated carbocycles. The third-order valence-corrected chi connectivity index (χ3v) is 4.49. The molecule has 0 bridgehead atoms. The van der Waals surface area contributed by atoms with E-state index in [1.54, 1.807) is 31.5 Å². The molecule has 2 amide bonds. The first-order valence-corrected chi connectivity index (χ1v) is 10.1. The van der Waals surface area contributed by atoms with Crippen molar-refractivity contribution in [2.45, 2.75) is 51.6 Å². The van der Waals surface area contributed by atoms with E-state index >= 15 is 0 Å². The van der Waals surface area contributed by atoms with Crippen molar-refractivity contribution in [3.8, 4) is 5.69 Å². The van der Waals surface area contributed by atoms with Crippen molar-refractivity contribution in [2.75, 3.05) is 13.1 Å². The van der Waals surface area contributed by atoms with Crippen LogP contribution in [-0.2, 0) is 4.74 Å². The van der Waals surface area contributed by atoms with Gasteiger partial charge in [0.2, 0.25) is 5.82 Å². The van der Waals surface area contributed by atoms with E-state index in [4.69, 9.17) is 16.3 Å². The summed E-state index contributed by atoms with van der Waals surface area (Å²) in [5.74, 6) is 0.829. The topological polar surface area (TPSA) is 98.1 Å². The zero-order valence-electron chi connectivity index (χ0n) is 16.9. The summed E-state index contributed by atoms with van der Waals surface area (Å²) in [7, 11) is 0. The van der Waals surface area contributed by atoms with Crippen molar-refractivity contribution in [2.24, 2.45) is 0 Å². The fourth-order valence-electron chi connectivity index (χ4n) is 2.70. The maximum atomic E-state index is 12.5. The summed E-state index contributed by atoms with van der Waals surface area (Å²) in [6.45, 7) is 6.18. The Morgan fingerprint density at radius 2 is 1.90 bits per heavy atom. The summed E-state index contributed by atoms with van der Waals surface area (Å²) in [6.07, 6.45) is 2.14. The Bertz CT molecular complexity index is 886.